The summed E-state index contributed by atoms with van der Waals surface area (Å²) in [5.74, 6) is 0. The van der Waals surface area contributed by atoms with Gasteiger partial charge in [0, 0.05) is 18.8 Å². The number of sulfonamides is 1. The van der Waals surface area contributed by atoms with E-state index in [2.05, 4.69) is 4.98 Å². The molecule has 1 aliphatic heterocycles. The zero-order valence-corrected chi connectivity index (χ0v) is 12.7. The summed E-state index contributed by atoms with van der Waals surface area (Å²) in [6.45, 7) is 2.56. The highest BCUT2D eigenvalue weighted by atomic mass is 35.5. The minimum Gasteiger partial charge on any atom is -0.288 e. The Morgan fingerprint density at radius 3 is 3.00 bits per heavy atom. The highest BCUT2D eigenvalue weighted by molar-refractivity contribution is 7.89. The van der Waals surface area contributed by atoms with Gasteiger partial charge in [0.1, 0.15) is 5.65 Å². The summed E-state index contributed by atoms with van der Waals surface area (Å²) in [7, 11) is -3.61. The van der Waals surface area contributed by atoms with E-state index in [0.29, 0.717) is 12.2 Å². The normalized spacial score (nSPS) is 20.8. The number of pyridine rings is 1. The van der Waals surface area contributed by atoms with E-state index >= 15 is 0 Å². The molecule has 0 bridgehead atoms. The van der Waals surface area contributed by atoms with Crippen molar-refractivity contribution in [2.45, 2.75) is 37.3 Å². The van der Waals surface area contributed by atoms with Crippen LogP contribution < -0.4 is 0 Å². The van der Waals surface area contributed by atoms with Crippen molar-refractivity contribution in [3.63, 3.8) is 0 Å². The van der Waals surface area contributed by atoms with Crippen molar-refractivity contribution < 1.29 is 8.42 Å². The summed E-state index contributed by atoms with van der Waals surface area (Å²) in [6.07, 6.45) is 4.29. The first-order valence-electron chi connectivity index (χ1n) is 6.70. The first-order chi connectivity index (χ1) is 9.55. The lowest BCUT2D eigenvalue weighted by molar-refractivity contribution is 0.378. The van der Waals surface area contributed by atoms with E-state index in [1.165, 1.54) is 0 Å². The molecular weight excluding hydrogens is 298 g/mol. The molecule has 0 N–H and O–H groups in total. The van der Waals surface area contributed by atoms with E-state index in [-0.39, 0.29) is 16.2 Å². The van der Waals surface area contributed by atoms with Gasteiger partial charge in [-0.2, -0.15) is 4.31 Å². The fourth-order valence-electron chi connectivity index (χ4n) is 2.82. The average molecular weight is 314 g/mol. The van der Waals surface area contributed by atoms with E-state index in [9.17, 15) is 8.42 Å². The maximum absolute atomic E-state index is 12.9. The van der Waals surface area contributed by atoms with Crippen LogP contribution in [-0.4, -0.2) is 34.7 Å². The third-order valence-corrected chi connectivity index (χ3v) is 6.15. The van der Waals surface area contributed by atoms with Crippen LogP contribution in [0.2, 0.25) is 5.15 Å². The first kappa shape index (κ1) is 13.9. The lowest BCUT2D eigenvalue weighted by Crippen LogP contribution is -2.35. The molecule has 2 aromatic rings. The van der Waals surface area contributed by atoms with Crippen molar-refractivity contribution in [2.24, 2.45) is 0 Å². The summed E-state index contributed by atoms with van der Waals surface area (Å²) in [6, 6.07) is 5.38. The van der Waals surface area contributed by atoms with Gasteiger partial charge in [-0.1, -0.05) is 24.6 Å². The van der Waals surface area contributed by atoms with Crippen LogP contribution in [0.15, 0.2) is 29.4 Å². The molecule has 0 spiro atoms. The van der Waals surface area contributed by atoms with E-state index in [4.69, 9.17) is 11.6 Å². The largest absolute Gasteiger partial charge is 0.288 e. The second-order valence-corrected chi connectivity index (χ2v) is 7.12. The van der Waals surface area contributed by atoms with Crippen LogP contribution in [0.5, 0.6) is 0 Å². The van der Waals surface area contributed by atoms with Crippen molar-refractivity contribution in [3.8, 4) is 0 Å². The number of fused-ring (bicyclic) bond motifs is 1. The first-order valence-corrected chi connectivity index (χ1v) is 8.52. The van der Waals surface area contributed by atoms with Crippen LogP contribution in [0.1, 0.15) is 26.2 Å². The van der Waals surface area contributed by atoms with E-state index in [1.807, 2.05) is 6.92 Å². The summed E-state index contributed by atoms with van der Waals surface area (Å²) < 4.78 is 28.9. The number of rotatable bonds is 3. The number of nitrogens with zero attached hydrogens (tertiary/aromatic N) is 3. The maximum atomic E-state index is 12.9. The summed E-state index contributed by atoms with van der Waals surface area (Å²) in [5, 5.41) is 0.119. The molecule has 1 aliphatic rings. The Bertz CT molecular complexity index is 741. The highest BCUT2D eigenvalue weighted by Crippen LogP contribution is 2.31. The molecule has 0 saturated carbocycles. The van der Waals surface area contributed by atoms with Gasteiger partial charge in [-0.3, -0.25) is 4.40 Å². The lowest BCUT2D eigenvalue weighted by atomic mass is 10.2. The fraction of sp³-hybridized carbons (Fsp3) is 0.462. The molecule has 7 heteroatoms. The minimum absolute atomic E-state index is 0.0398. The standard InChI is InChI=1S/C13H16ClN3O2S/c1-2-10-6-5-9-17(10)20(18,19)13-12(14)15-11-7-3-4-8-16(11)13/h3-4,7-8,10H,2,5-6,9H2,1H3. The molecular formula is C13H16ClN3O2S. The quantitative estimate of drug-likeness (QED) is 0.875. The molecule has 1 unspecified atom stereocenters. The second kappa shape index (κ2) is 5.02. The third kappa shape index (κ3) is 2.03. The average Bonchev–Trinajstić information content (AvgIpc) is 3.01. The minimum atomic E-state index is -3.61. The Kier molecular flexibility index (Phi) is 3.48. The van der Waals surface area contributed by atoms with Crippen molar-refractivity contribution in [1.29, 1.82) is 0 Å². The van der Waals surface area contributed by atoms with Gasteiger partial charge in [0.2, 0.25) is 0 Å². The molecule has 0 radical (unpaired) electrons. The van der Waals surface area contributed by atoms with E-state index in [0.717, 1.165) is 19.3 Å². The SMILES string of the molecule is CCC1CCCN1S(=O)(=O)c1c(Cl)nc2ccccn12. The molecule has 0 amide bonds. The van der Waals surface area contributed by atoms with Gasteiger partial charge in [0.05, 0.1) is 0 Å². The highest BCUT2D eigenvalue weighted by Gasteiger charge is 2.37. The van der Waals surface area contributed by atoms with Gasteiger partial charge in [-0.05, 0) is 31.4 Å². The van der Waals surface area contributed by atoms with Gasteiger partial charge in [0.25, 0.3) is 10.0 Å². The van der Waals surface area contributed by atoms with Gasteiger partial charge in [-0.25, -0.2) is 13.4 Å². The van der Waals surface area contributed by atoms with Crippen molar-refractivity contribution in [3.05, 3.63) is 29.5 Å². The van der Waals surface area contributed by atoms with E-state index in [1.54, 1.807) is 33.1 Å². The van der Waals surface area contributed by atoms with Crippen LogP contribution in [-0.2, 0) is 10.0 Å². The molecule has 5 nitrogen and oxygen atoms in total. The molecule has 3 rings (SSSR count). The number of hydrogen-bond donors (Lipinski definition) is 0. The van der Waals surface area contributed by atoms with Gasteiger partial charge >= 0.3 is 0 Å². The number of halogens is 1. The monoisotopic (exact) mass is 313 g/mol. The molecule has 3 heterocycles. The molecule has 1 fully saturated rings. The molecule has 0 aliphatic carbocycles. The Hall–Kier alpha value is -1.11. The predicted molar refractivity (Wildman–Crippen MR) is 77.4 cm³/mol. The van der Waals surface area contributed by atoms with Gasteiger partial charge in [0.15, 0.2) is 10.2 Å². The fourth-order valence-corrected chi connectivity index (χ4v) is 5.19. The number of hydrogen-bond acceptors (Lipinski definition) is 3. The predicted octanol–water partition coefficient (Wildman–Crippen LogP) is 2.55. The second-order valence-electron chi connectivity index (χ2n) is 4.96. The zero-order chi connectivity index (χ0) is 14.3. The summed E-state index contributed by atoms with van der Waals surface area (Å²) >= 11 is 6.08. The van der Waals surface area contributed by atoms with E-state index < -0.39 is 10.0 Å². The Labute approximate surface area is 123 Å². The van der Waals surface area contributed by atoms with Crippen molar-refractivity contribution >= 4 is 27.3 Å². The maximum Gasteiger partial charge on any atom is 0.262 e. The molecule has 20 heavy (non-hydrogen) atoms. The number of imidazole rings is 1. The van der Waals surface area contributed by atoms with Crippen LogP contribution in [0, 0.1) is 0 Å². The van der Waals surface area contributed by atoms with Gasteiger partial charge in [-0.15, -0.1) is 0 Å². The van der Waals surface area contributed by atoms with Crippen LogP contribution in [0.4, 0.5) is 0 Å². The van der Waals surface area contributed by atoms with Crippen LogP contribution >= 0.6 is 11.6 Å². The van der Waals surface area contributed by atoms with Crippen molar-refractivity contribution in [1.82, 2.24) is 13.7 Å². The summed E-state index contributed by atoms with van der Waals surface area (Å²) in [5.41, 5.74) is 0.545. The topological polar surface area (TPSA) is 54.7 Å². The molecule has 1 atom stereocenters. The molecule has 108 valence electrons. The lowest BCUT2D eigenvalue weighted by Gasteiger charge is -2.22. The molecule has 1 saturated heterocycles. The Morgan fingerprint density at radius 1 is 1.45 bits per heavy atom. The Balaban J connectivity index is 2.16. The van der Waals surface area contributed by atoms with Crippen molar-refractivity contribution in [2.75, 3.05) is 6.54 Å². The third-order valence-electron chi connectivity index (χ3n) is 3.79. The Morgan fingerprint density at radius 2 is 2.25 bits per heavy atom. The molecule has 2 aromatic heterocycles. The smallest absolute Gasteiger partial charge is 0.262 e. The van der Waals surface area contributed by atoms with Crippen LogP contribution in [0.3, 0.4) is 0 Å². The van der Waals surface area contributed by atoms with Crippen LogP contribution in [0.25, 0.3) is 5.65 Å². The number of aromatic nitrogens is 2. The summed E-state index contributed by atoms with van der Waals surface area (Å²) in [4.78, 5) is 4.12. The zero-order valence-electron chi connectivity index (χ0n) is 11.2. The molecule has 0 aromatic carbocycles. The van der Waals surface area contributed by atoms with Gasteiger partial charge < -0.3 is 0 Å².